The second kappa shape index (κ2) is 6.52. The molecule has 2 amide bonds. The minimum absolute atomic E-state index is 0.000703. The Morgan fingerprint density at radius 2 is 2.05 bits per heavy atom. The Labute approximate surface area is 112 Å². The van der Waals surface area contributed by atoms with Gasteiger partial charge in [0.1, 0.15) is 5.82 Å². The lowest BCUT2D eigenvalue weighted by molar-refractivity contribution is 0.245. The molecule has 1 aromatic rings. The minimum Gasteiger partial charge on any atom is -0.334 e. The van der Waals surface area contributed by atoms with Crippen molar-refractivity contribution in [3.63, 3.8) is 0 Å². The van der Waals surface area contributed by atoms with E-state index < -0.39 is 0 Å². The third kappa shape index (κ3) is 4.21. The number of anilines is 1. The van der Waals surface area contributed by atoms with E-state index in [9.17, 15) is 9.18 Å². The molecule has 2 unspecified atom stereocenters. The summed E-state index contributed by atoms with van der Waals surface area (Å²) in [4.78, 5) is 11.8. The fourth-order valence-corrected chi connectivity index (χ4v) is 2.42. The fourth-order valence-electron chi connectivity index (χ4n) is 2.42. The molecule has 1 saturated carbocycles. The van der Waals surface area contributed by atoms with E-state index in [0.29, 0.717) is 5.69 Å². The Hall–Kier alpha value is -1.62. The molecule has 0 radical (unpaired) electrons. The minimum atomic E-state index is -0.371. The van der Waals surface area contributed by atoms with E-state index in [1.54, 1.807) is 12.1 Å². The van der Waals surface area contributed by atoms with Crippen molar-refractivity contribution in [2.75, 3.05) is 5.32 Å². The van der Waals surface area contributed by atoms with Crippen LogP contribution in [0, 0.1) is 5.82 Å². The van der Waals surface area contributed by atoms with Crippen LogP contribution in [0.4, 0.5) is 14.9 Å². The number of hydrogen-bond acceptors (Lipinski definition) is 2. The maximum absolute atomic E-state index is 13.0. The smallest absolute Gasteiger partial charge is 0.319 e. The zero-order valence-corrected chi connectivity index (χ0v) is 10.9. The molecule has 1 fully saturated rings. The highest BCUT2D eigenvalue weighted by atomic mass is 19.1. The van der Waals surface area contributed by atoms with E-state index in [1.165, 1.54) is 12.1 Å². The Bertz CT molecular complexity index is 438. The molecular formula is C14H20FN3O. The standard InChI is InChI=1S/C14H20FN3O/c15-10-5-4-6-11(9-10)17-14(19)18-13-8-3-1-2-7-12(13)16/h4-6,9,12-13H,1-3,7-8,16H2,(H2,17,18,19). The number of halogens is 1. The third-order valence-corrected chi connectivity index (χ3v) is 3.47. The van der Waals surface area contributed by atoms with Crippen LogP contribution in [0.5, 0.6) is 0 Å². The van der Waals surface area contributed by atoms with Crippen molar-refractivity contribution in [3.8, 4) is 0 Å². The molecule has 4 N–H and O–H groups in total. The van der Waals surface area contributed by atoms with Gasteiger partial charge in [-0.15, -0.1) is 0 Å². The van der Waals surface area contributed by atoms with Crippen molar-refractivity contribution >= 4 is 11.7 Å². The van der Waals surface area contributed by atoms with Crippen molar-refractivity contribution in [3.05, 3.63) is 30.1 Å². The lowest BCUT2D eigenvalue weighted by atomic mass is 10.0. The van der Waals surface area contributed by atoms with Gasteiger partial charge in [0, 0.05) is 17.8 Å². The Kier molecular flexibility index (Phi) is 4.74. The summed E-state index contributed by atoms with van der Waals surface area (Å²) < 4.78 is 13.0. The highest BCUT2D eigenvalue weighted by molar-refractivity contribution is 5.89. The van der Waals surface area contributed by atoms with Gasteiger partial charge in [-0.25, -0.2) is 9.18 Å². The van der Waals surface area contributed by atoms with Crippen molar-refractivity contribution in [1.29, 1.82) is 0 Å². The third-order valence-electron chi connectivity index (χ3n) is 3.47. The first kappa shape index (κ1) is 13.8. The number of nitrogens with one attached hydrogen (secondary N) is 2. The predicted molar refractivity (Wildman–Crippen MR) is 73.4 cm³/mol. The Morgan fingerprint density at radius 1 is 1.26 bits per heavy atom. The van der Waals surface area contributed by atoms with Crippen LogP contribution in [-0.4, -0.2) is 18.1 Å². The van der Waals surface area contributed by atoms with Crippen molar-refractivity contribution in [2.45, 2.75) is 44.2 Å². The molecule has 0 aliphatic heterocycles. The summed E-state index contributed by atoms with van der Waals surface area (Å²) in [6, 6.07) is 5.50. The van der Waals surface area contributed by atoms with Crippen LogP contribution in [-0.2, 0) is 0 Å². The number of benzene rings is 1. The van der Waals surface area contributed by atoms with Crippen LogP contribution in [0.3, 0.4) is 0 Å². The fraction of sp³-hybridized carbons (Fsp3) is 0.500. The summed E-state index contributed by atoms with van der Waals surface area (Å²) in [6.07, 6.45) is 5.20. The highest BCUT2D eigenvalue weighted by Crippen LogP contribution is 2.17. The number of amides is 2. The molecule has 1 aromatic carbocycles. The molecule has 0 heterocycles. The van der Waals surface area contributed by atoms with Crippen LogP contribution >= 0.6 is 0 Å². The number of carbonyl (C=O) groups is 1. The van der Waals surface area contributed by atoms with Gasteiger partial charge in [0.15, 0.2) is 0 Å². The first-order valence-electron chi connectivity index (χ1n) is 6.74. The van der Waals surface area contributed by atoms with Crippen molar-refractivity contribution < 1.29 is 9.18 Å². The summed E-state index contributed by atoms with van der Waals surface area (Å²) in [5.74, 6) is -0.371. The molecule has 104 valence electrons. The van der Waals surface area contributed by atoms with E-state index in [1.807, 2.05) is 0 Å². The molecule has 2 atom stereocenters. The summed E-state index contributed by atoms with van der Waals surface area (Å²) in [5.41, 5.74) is 6.49. The maximum atomic E-state index is 13.0. The molecule has 5 heteroatoms. The second-order valence-corrected chi connectivity index (χ2v) is 5.02. The van der Waals surface area contributed by atoms with Gasteiger partial charge in [0.2, 0.25) is 0 Å². The monoisotopic (exact) mass is 265 g/mol. The van der Waals surface area contributed by atoms with Crippen LogP contribution < -0.4 is 16.4 Å². The van der Waals surface area contributed by atoms with Gasteiger partial charge in [0.05, 0.1) is 0 Å². The average molecular weight is 265 g/mol. The number of nitrogens with two attached hydrogens (primary N) is 1. The molecule has 2 rings (SSSR count). The van der Waals surface area contributed by atoms with Crippen LogP contribution in [0.1, 0.15) is 32.1 Å². The van der Waals surface area contributed by atoms with Gasteiger partial charge >= 0.3 is 6.03 Å². The van der Waals surface area contributed by atoms with E-state index in [-0.39, 0.29) is 23.9 Å². The van der Waals surface area contributed by atoms with Crippen molar-refractivity contribution in [1.82, 2.24) is 5.32 Å². The lowest BCUT2D eigenvalue weighted by Crippen LogP contribution is -2.48. The second-order valence-electron chi connectivity index (χ2n) is 5.02. The lowest BCUT2D eigenvalue weighted by Gasteiger charge is -2.22. The molecule has 0 aromatic heterocycles. The van der Waals surface area contributed by atoms with E-state index in [2.05, 4.69) is 10.6 Å². The summed E-state index contributed by atoms with van der Waals surface area (Å²) >= 11 is 0. The van der Waals surface area contributed by atoms with Gasteiger partial charge < -0.3 is 16.4 Å². The van der Waals surface area contributed by atoms with Gasteiger partial charge in [-0.05, 0) is 31.0 Å². The largest absolute Gasteiger partial charge is 0.334 e. The predicted octanol–water partition coefficient (Wildman–Crippen LogP) is 2.61. The van der Waals surface area contributed by atoms with Crippen molar-refractivity contribution in [2.24, 2.45) is 5.73 Å². The molecule has 1 aliphatic rings. The number of carbonyl (C=O) groups excluding carboxylic acids is 1. The molecule has 0 saturated heterocycles. The van der Waals surface area contributed by atoms with E-state index in [0.717, 1.165) is 32.1 Å². The first-order chi connectivity index (χ1) is 9.15. The van der Waals surface area contributed by atoms with Crippen LogP contribution in [0.15, 0.2) is 24.3 Å². The normalized spacial score (nSPS) is 23.5. The molecule has 4 nitrogen and oxygen atoms in total. The van der Waals surface area contributed by atoms with Gasteiger partial charge in [-0.1, -0.05) is 25.3 Å². The maximum Gasteiger partial charge on any atom is 0.319 e. The van der Waals surface area contributed by atoms with Crippen LogP contribution in [0.25, 0.3) is 0 Å². The number of rotatable bonds is 2. The molecule has 0 spiro atoms. The Morgan fingerprint density at radius 3 is 2.84 bits per heavy atom. The molecular weight excluding hydrogens is 245 g/mol. The SMILES string of the molecule is NC1CCCCCC1NC(=O)Nc1cccc(F)c1. The zero-order valence-electron chi connectivity index (χ0n) is 10.9. The highest BCUT2D eigenvalue weighted by Gasteiger charge is 2.21. The quantitative estimate of drug-likeness (QED) is 0.719. The van der Waals surface area contributed by atoms with Crippen LogP contribution in [0.2, 0.25) is 0 Å². The first-order valence-corrected chi connectivity index (χ1v) is 6.74. The number of hydrogen-bond donors (Lipinski definition) is 3. The molecule has 0 bridgehead atoms. The van der Waals surface area contributed by atoms with Gasteiger partial charge in [0.25, 0.3) is 0 Å². The molecule has 19 heavy (non-hydrogen) atoms. The van der Waals surface area contributed by atoms with Gasteiger partial charge in [-0.2, -0.15) is 0 Å². The summed E-state index contributed by atoms with van der Waals surface area (Å²) in [7, 11) is 0. The average Bonchev–Trinajstić information content (AvgIpc) is 2.55. The number of urea groups is 1. The van der Waals surface area contributed by atoms with Gasteiger partial charge in [-0.3, -0.25) is 0 Å². The summed E-state index contributed by atoms with van der Waals surface area (Å²) in [6.45, 7) is 0. The zero-order chi connectivity index (χ0) is 13.7. The Balaban J connectivity index is 1.89. The van der Waals surface area contributed by atoms with E-state index in [4.69, 9.17) is 5.73 Å². The molecule has 1 aliphatic carbocycles. The van der Waals surface area contributed by atoms with E-state index >= 15 is 0 Å². The summed E-state index contributed by atoms with van der Waals surface area (Å²) in [5, 5.41) is 5.50. The topological polar surface area (TPSA) is 67.1 Å².